The minimum atomic E-state index is -0.192. The van der Waals surface area contributed by atoms with Crippen molar-refractivity contribution < 1.29 is 4.79 Å². The summed E-state index contributed by atoms with van der Waals surface area (Å²) in [4.78, 5) is 10.6. The third-order valence-corrected chi connectivity index (χ3v) is 1.20. The van der Waals surface area contributed by atoms with Crippen LogP contribution in [0.4, 0.5) is 4.79 Å². The fourth-order valence-electron chi connectivity index (χ4n) is 0.744. The first-order valence-corrected chi connectivity index (χ1v) is 3.00. The fourth-order valence-corrected chi connectivity index (χ4v) is 0.744. The molecule has 1 aliphatic heterocycles. The first kappa shape index (κ1) is 7.04. The van der Waals surface area contributed by atoms with Gasteiger partial charge in [-0.1, -0.05) is 0 Å². The number of rotatable bonds is 2. The average molecular weight is 142 g/mol. The summed E-state index contributed by atoms with van der Waals surface area (Å²) >= 11 is 0. The molecule has 0 saturated carbocycles. The van der Waals surface area contributed by atoms with Gasteiger partial charge in [-0.3, -0.25) is 11.3 Å². The standard InChI is InChI=1S/C5H10N4O/c6-8-3-4-1-2-7-5(10)9-4/h1-2,4,8H,3,6H2,(H2,7,9,10). The quantitative estimate of drug-likeness (QED) is 0.284. The summed E-state index contributed by atoms with van der Waals surface area (Å²) < 4.78 is 0. The molecule has 10 heavy (non-hydrogen) atoms. The summed E-state index contributed by atoms with van der Waals surface area (Å²) in [7, 11) is 0. The van der Waals surface area contributed by atoms with Crippen LogP contribution in [0.25, 0.3) is 0 Å². The van der Waals surface area contributed by atoms with Crippen molar-refractivity contribution in [3.8, 4) is 0 Å². The number of hydrazine groups is 1. The lowest BCUT2D eigenvalue weighted by molar-refractivity contribution is 0.240. The lowest BCUT2D eigenvalue weighted by Gasteiger charge is -2.17. The molecule has 0 saturated heterocycles. The zero-order chi connectivity index (χ0) is 7.40. The highest BCUT2D eigenvalue weighted by Crippen LogP contribution is 1.88. The van der Waals surface area contributed by atoms with Crippen molar-refractivity contribution >= 4 is 6.03 Å². The maximum absolute atomic E-state index is 10.6. The molecule has 0 fully saturated rings. The number of nitrogens with two attached hydrogens (primary N) is 1. The molecule has 1 heterocycles. The molecule has 1 rings (SSSR count). The molecule has 0 aromatic carbocycles. The highest BCUT2D eigenvalue weighted by Gasteiger charge is 2.10. The van der Waals surface area contributed by atoms with E-state index in [0.717, 1.165) is 0 Å². The van der Waals surface area contributed by atoms with Crippen molar-refractivity contribution in [2.24, 2.45) is 5.84 Å². The maximum atomic E-state index is 10.6. The third-order valence-electron chi connectivity index (χ3n) is 1.20. The Labute approximate surface area is 58.6 Å². The van der Waals surface area contributed by atoms with Crippen LogP contribution in [0.15, 0.2) is 12.3 Å². The third kappa shape index (κ3) is 1.71. The second-order valence-corrected chi connectivity index (χ2v) is 1.99. The van der Waals surface area contributed by atoms with Crippen molar-refractivity contribution in [3.63, 3.8) is 0 Å². The molecule has 0 bridgehead atoms. The second kappa shape index (κ2) is 3.19. The van der Waals surface area contributed by atoms with E-state index in [-0.39, 0.29) is 12.1 Å². The van der Waals surface area contributed by atoms with Crippen molar-refractivity contribution in [2.75, 3.05) is 6.54 Å². The summed E-state index contributed by atoms with van der Waals surface area (Å²) in [5.74, 6) is 5.05. The van der Waals surface area contributed by atoms with Crippen molar-refractivity contribution in [3.05, 3.63) is 12.3 Å². The van der Waals surface area contributed by atoms with Gasteiger partial charge in [-0.25, -0.2) is 4.79 Å². The molecule has 5 N–H and O–H groups in total. The van der Waals surface area contributed by atoms with Crippen molar-refractivity contribution in [1.82, 2.24) is 16.1 Å². The van der Waals surface area contributed by atoms with Crippen LogP contribution in [0.1, 0.15) is 0 Å². The van der Waals surface area contributed by atoms with Crippen molar-refractivity contribution in [2.45, 2.75) is 6.04 Å². The fraction of sp³-hybridized carbons (Fsp3) is 0.400. The number of hydrogen-bond donors (Lipinski definition) is 4. The van der Waals surface area contributed by atoms with Gasteiger partial charge in [0.15, 0.2) is 0 Å². The van der Waals surface area contributed by atoms with Crippen molar-refractivity contribution in [1.29, 1.82) is 0 Å². The molecule has 0 radical (unpaired) electrons. The zero-order valence-corrected chi connectivity index (χ0v) is 5.42. The molecular formula is C5H10N4O. The van der Waals surface area contributed by atoms with E-state index in [4.69, 9.17) is 5.84 Å². The Bertz CT molecular complexity index is 156. The SMILES string of the molecule is NNCC1C=CNC(=O)N1. The molecule has 0 aromatic rings. The Morgan fingerprint density at radius 3 is 3.20 bits per heavy atom. The Hall–Kier alpha value is -1.07. The Kier molecular flexibility index (Phi) is 2.24. The number of amides is 2. The average Bonchev–Trinajstić information content (AvgIpc) is 1.88. The predicted octanol–water partition coefficient (Wildman–Crippen LogP) is -1.36. The molecule has 5 nitrogen and oxygen atoms in total. The van der Waals surface area contributed by atoms with Gasteiger partial charge in [0.1, 0.15) is 0 Å². The number of carbonyl (C=O) groups is 1. The van der Waals surface area contributed by atoms with Crippen LogP contribution in [-0.4, -0.2) is 18.6 Å². The van der Waals surface area contributed by atoms with Gasteiger partial charge in [0.05, 0.1) is 6.04 Å². The highest BCUT2D eigenvalue weighted by atomic mass is 16.2. The largest absolute Gasteiger partial charge is 0.330 e. The smallest absolute Gasteiger partial charge is 0.319 e. The Morgan fingerprint density at radius 1 is 1.80 bits per heavy atom. The first-order chi connectivity index (χ1) is 4.83. The molecule has 0 spiro atoms. The van der Waals surface area contributed by atoms with E-state index in [9.17, 15) is 4.79 Å². The molecule has 56 valence electrons. The van der Waals surface area contributed by atoms with Crippen LogP contribution in [0.3, 0.4) is 0 Å². The summed E-state index contributed by atoms with van der Waals surface area (Å²) in [6.07, 6.45) is 3.42. The minimum Gasteiger partial charge on any atom is -0.330 e. The van der Waals surface area contributed by atoms with Gasteiger partial charge < -0.3 is 10.6 Å². The molecule has 1 unspecified atom stereocenters. The van der Waals surface area contributed by atoms with E-state index in [1.807, 2.05) is 6.08 Å². The predicted molar refractivity (Wildman–Crippen MR) is 36.8 cm³/mol. The number of urea groups is 1. The van der Waals surface area contributed by atoms with Gasteiger partial charge in [0.2, 0.25) is 0 Å². The van der Waals surface area contributed by atoms with E-state index >= 15 is 0 Å². The molecule has 1 atom stereocenters. The summed E-state index contributed by atoms with van der Waals surface area (Å²) in [6, 6.07) is -0.193. The van der Waals surface area contributed by atoms with Crippen LogP contribution >= 0.6 is 0 Å². The lowest BCUT2D eigenvalue weighted by atomic mass is 10.3. The first-order valence-electron chi connectivity index (χ1n) is 3.00. The Morgan fingerprint density at radius 2 is 2.60 bits per heavy atom. The van der Waals surface area contributed by atoms with E-state index in [1.54, 1.807) is 6.20 Å². The summed E-state index contributed by atoms with van der Waals surface area (Å²) in [5.41, 5.74) is 2.46. The molecule has 0 aromatic heterocycles. The topological polar surface area (TPSA) is 79.2 Å². The number of nitrogens with one attached hydrogen (secondary N) is 3. The number of carbonyl (C=O) groups excluding carboxylic acids is 1. The van der Waals surface area contributed by atoms with Crippen LogP contribution in [0.5, 0.6) is 0 Å². The van der Waals surface area contributed by atoms with Gasteiger partial charge in [-0.05, 0) is 6.08 Å². The lowest BCUT2D eigenvalue weighted by Crippen LogP contribution is -2.48. The summed E-state index contributed by atoms with van der Waals surface area (Å²) in [6.45, 7) is 0.546. The second-order valence-electron chi connectivity index (χ2n) is 1.99. The van der Waals surface area contributed by atoms with Gasteiger partial charge in [-0.15, -0.1) is 0 Å². The Balaban J connectivity index is 2.39. The van der Waals surface area contributed by atoms with E-state index < -0.39 is 0 Å². The van der Waals surface area contributed by atoms with Gasteiger partial charge in [-0.2, -0.15) is 0 Å². The van der Waals surface area contributed by atoms with Gasteiger partial charge >= 0.3 is 6.03 Å². The monoisotopic (exact) mass is 142 g/mol. The van der Waals surface area contributed by atoms with Crippen LogP contribution in [-0.2, 0) is 0 Å². The molecular weight excluding hydrogens is 132 g/mol. The highest BCUT2D eigenvalue weighted by molar-refractivity contribution is 5.76. The van der Waals surface area contributed by atoms with Gasteiger partial charge in [0, 0.05) is 12.7 Å². The zero-order valence-electron chi connectivity index (χ0n) is 5.42. The van der Waals surface area contributed by atoms with E-state index in [1.165, 1.54) is 0 Å². The molecule has 1 aliphatic rings. The molecule has 2 amide bonds. The van der Waals surface area contributed by atoms with Gasteiger partial charge in [0.25, 0.3) is 0 Å². The molecule has 5 heteroatoms. The minimum absolute atomic E-state index is 0.00116. The van der Waals surface area contributed by atoms with Crippen LogP contribution in [0.2, 0.25) is 0 Å². The maximum Gasteiger partial charge on any atom is 0.319 e. The summed E-state index contributed by atoms with van der Waals surface area (Å²) in [5, 5.41) is 5.11. The number of hydrogen-bond acceptors (Lipinski definition) is 3. The van der Waals surface area contributed by atoms with E-state index in [2.05, 4.69) is 16.1 Å². The van der Waals surface area contributed by atoms with Crippen LogP contribution < -0.4 is 21.9 Å². The van der Waals surface area contributed by atoms with Crippen LogP contribution in [0, 0.1) is 0 Å². The van der Waals surface area contributed by atoms with E-state index in [0.29, 0.717) is 6.54 Å². The normalized spacial score (nSPS) is 23.7. The molecule has 0 aliphatic carbocycles.